The number of thioether (sulfide) groups is 1. The summed E-state index contributed by atoms with van der Waals surface area (Å²) in [5, 5.41) is 3.49. The summed E-state index contributed by atoms with van der Waals surface area (Å²) in [5.41, 5.74) is 0. The zero-order chi connectivity index (χ0) is 10.9. The number of hydrogen-bond donors (Lipinski definition) is 1. The van der Waals surface area contributed by atoms with Gasteiger partial charge in [0.25, 0.3) is 0 Å². The van der Waals surface area contributed by atoms with Crippen LogP contribution in [-0.2, 0) is 0 Å². The van der Waals surface area contributed by atoms with Crippen LogP contribution in [0.5, 0.6) is 0 Å². The zero-order valence-corrected chi connectivity index (χ0v) is 11.0. The summed E-state index contributed by atoms with van der Waals surface area (Å²) in [5.74, 6) is 2.67. The molecule has 1 heterocycles. The molecule has 0 aromatic carbocycles. The molecule has 0 saturated carbocycles. The van der Waals surface area contributed by atoms with E-state index in [9.17, 15) is 0 Å². The fourth-order valence-electron chi connectivity index (χ4n) is 1.69. The highest BCUT2D eigenvalue weighted by Gasteiger charge is 2.07. The molecule has 0 bridgehead atoms. The van der Waals surface area contributed by atoms with Crippen molar-refractivity contribution in [2.24, 2.45) is 0 Å². The minimum absolute atomic E-state index is 1.11. The van der Waals surface area contributed by atoms with E-state index in [-0.39, 0.29) is 0 Å². The fraction of sp³-hybridized carbons (Fsp3) is 1.00. The average Bonchev–Trinajstić information content (AvgIpc) is 2.45. The van der Waals surface area contributed by atoms with Gasteiger partial charge in [0.05, 0.1) is 0 Å². The second-order valence-corrected chi connectivity index (χ2v) is 5.59. The first-order valence-electron chi connectivity index (χ1n) is 5.94. The quantitative estimate of drug-likeness (QED) is 0.674. The molecule has 15 heavy (non-hydrogen) atoms. The van der Waals surface area contributed by atoms with Crippen molar-refractivity contribution >= 4 is 11.8 Å². The van der Waals surface area contributed by atoms with Crippen LogP contribution in [0, 0.1) is 0 Å². The normalized spacial score (nSPS) is 19.4. The van der Waals surface area contributed by atoms with Gasteiger partial charge in [0, 0.05) is 38.5 Å². The molecule has 1 aliphatic rings. The van der Waals surface area contributed by atoms with Gasteiger partial charge in [-0.1, -0.05) is 0 Å². The van der Waals surface area contributed by atoms with E-state index in [1.807, 2.05) is 0 Å². The van der Waals surface area contributed by atoms with Crippen LogP contribution < -0.4 is 5.32 Å². The fourth-order valence-corrected chi connectivity index (χ4v) is 2.61. The molecule has 0 aromatic rings. The van der Waals surface area contributed by atoms with Crippen molar-refractivity contribution in [3.63, 3.8) is 0 Å². The smallest absolute Gasteiger partial charge is 0.0107 e. The van der Waals surface area contributed by atoms with Crippen molar-refractivity contribution in [2.45, 2.75) is 6.42 Å². The van der Waals surface area contributed by atoms with E-state index < -0.39 is 0 Å². The Kier molecular flexibility index (Phi) is 7.44. The van der Waals surface area contributed by atoms with E-state index in [0.29, 0.717) is 0 Å². The molecule has 4 heteroatoms. The topological polar surface area (TPSA) is 18.5 Å². The first-order valence-corrected chi connectivity index (χ1v) is 7.10. The largest absolute Gasteiger partial charge is 0.314 e. The summed E-state index contributed by atoms with van der Waals surface area (Å²) in [6.07, 6.45) is 1.36. The number of likely N-dealkylation sites (N-methyl/N-ethyl adjacent to an activating group) is 1. The van der Waals surface area contributed by atoms with Crippen LogP contribution >= 0.6 is 11.8 Å². The summed E-state index contributed by atoms with van der Waals surface area (Å²) >= 11 is 2.10. The van der Waals surface area contributed by atoms with Gasteiger partial charge in [-0.3, -0.25) is 0 Å². The molecule has 0 radical (unpaired) electrons. The molecule has 0 atom stereocenters. The molecule has 90 valence electrons. The van der Waals surface area contributed by atoms with Gasteiger partial charge >= 0.3 is 0 Å². The molecule has 0 spiro atoms. The Morgan fingerprint density at radius 2 is 2.07 bits per heavy atom. The van der Waals surface area contributed by atoms with Crippen LogP contribution in [-0.4, -0.2) is 74.7 Å². The maximum atomic E-state index is 3.49. The monoisotopic (exact) mass is 231 g/mol. The van der Waals surface area contributed by atoms with E-state index in [2.05, 4.69) is 41.0 Å². The van der Waals surface area contributed by atoms with Crippen molar-refractivity contribution < 1.29 is 0 Å². The Balaban J connectivity index is 1.94. The SMILES string of the molecule is CN(C)CCNCCN1CCCSCC1. The molecule has 1 saturated heterocycles. The Hall–Kier alpha value is 0.230. The minimum atomic E-state index is 1.11. The van der Waals surface area contributed by atoms with Gasteiger partial charge < -0.3 is 15.1 Å². The van der Waals surface area contributed by atoms with Gasteiger partial charge in [-0.2, -0.15) is 11.8 Å². The van der Waals surface area contributed by atoms with E-state index in [4.69, 9.17) is 0 Å². The molecule has 0 unspecified atom stereocenters. The van der Waals surface area contributed by atoms with Crippen LogP contribution in [0.25, 0.3) is 0 Å². The third-order valence-corrected chi connectivity index (χ3v) is 3.70. The van der Waals surface area contributed by atoms with Crippen LogP contribution in [0.15, 0.2) is 0 Å². The second kappa shape index (κ2) is 8.39. The van der Waals surface area contributed by atoms with Crippen LogP contribution in [0.4, 0.5) is 0 Å². The average molecular weight is 231 g/mol. The lowest BCUT2D eigenvalue weighted by Gasteiger charge is -2.19. The van der Waals surface area contributed by atoms with Crippen LogP contribution in [0.3, 0.4) is 0 Å². The maximum absolute atomic E-state index is 3.49. The lowest BCUT2D eigenvalue weighted by Crippen LogP contribution is -2.36. The van der Waals surface area contributed by atoms with Gasteiger partial charge in [-0.25, -0.2) is 0 Å². The number of rotatable bonds is 6. The number of nitrogens with zero attached hydrogens (tertiary/aromatic N) is 2. The highest BCUT2D eigenvalue weighted by molar-refractivity contribution is 7.99. The van der Waals surface area contributed by atoms with Gasteiger partial charge in [0.2, 0.25) is 0 Å². The second-order valence-electron chi connectivity index (χ2n) is 4.36. The first-order chi connectivity index (χ1) is 7.29. The summed E-state index contributed by atoms with van der Waals surface area (Å²) in [6, 6.07) is 0. The maximum Gasteiger partial charge on any atom is 0.0107 e. The molecule has 0 aromatic heterocycles. The van der Waals surface area contributed by atoms with Gasteiger partial charge in [0.15, 0.2) is 0 Å². The van der Waals surface area contributed by atoms with Crippen LogP contribution in [0.2, 0.25) is 0 Å². The zero-order valence-electron chi connectivity index (χ0n) is 10.2. The lowest BCUT2D eigenvalue weighted by molar-refractivity contribution is 0.291. The highest BCUT2D eigenvalue weighted by Crippen LogP contribution is 2.08. The molecule has 1 fully saturated rings. The van der Waals surface area contributed by atoms with E-state index in [1.165, 1.54) is 37.6 Å². The van der Waals surface area contributed by atoms with Crippen molar-refractivity contribution in [1.82, 2.24) is 15.1 Å². The van der Waals surface area contributed by atoms with Crippen LogP contribution in [0.1, 0.15) is 6.42 Å². The molecule has 1 rings (SSSR count). The van der Waals surface area contributed by atoms with E-state index in [1.54, 1.807) is 0 Å². The highest BCUT2D eigenvalue weighted by atomic mass is 32.2. The summed E-state index contributed by atoms with van der Waals surface area (Å²) in [6.45, 7) is 7.17. The molecule has 0 aliphatic carbocycles. The van der Waals surface area contributed by atoms with Gasteiger partial charge in [0.1, 0.15) is 0 Å². The predicted octanol–water partition coefficient (Wildman–Crippen LogP) is 0.577. The van der Waals surface area contributed by atoms with Crippen molar-refractivity contribution in [3.8, 4) is 0 Å². The number of hydrogen-bond acceptors (Lipinski definition) is 4. The Labute approximate surface area is 98.6 Å². The third-order valence-electron chi connectivity index (χ3n) is 2.66. The molecule has 3 nitrogen and oxygen atoms in total. The summed E-state index contributed by atoms with van der Waals surface area (Å²) in [7, 11) is 4.24. The Morgan fingerprint density at radius 1 is 1.20 bits per heavy atom. The molecule has 1 N–H and O–H groups in total. The Morgan fingerprint density at radius 3 is 2.87 bits per heavy atom. The van der Waals surface area contributed by atoms with Crippen molar-refractivity contribution in [3.05, 3.63) is 0 Å². The lowest BCUT2D eigenvalue weighted by atomic mass is 10.4. The molecular formula is C11H25N3S. The summed E-state index contributed by atoms with van der Waals surface area (Å²) in [4.78, 5) is 4.80. The van der Waals surface area contributed by atoms with E-state index in [0.717, 1.165) is 19.6 Å². The summed E-state index contributed by atoms with van der Waals surface area (Å²) < 4.78 is 0. The first kappa shape index (κ1) is 13.3. The van der Waals surface area contributed by atoms with Crippen molar-refractivity contribution in [2.75, 3.05) is 64.9 Å². The van der Waals surface area contributed by atoms with Crippen molar-refractivity contribution in [1.29, 1.82) is 0 Å². The molecular weight excluding hydrogens is 206 g/mol. The van der Waals surface area contributed by atoms with E-state index >= 15 is 0 Å². The van der Waals surface area contributed by atoms with Gasteiger partial charge in [-0.15, -0.1) is 0 Å². The number of nitrogens with one attached hydrogen (secondary N) is 1. The third kappa shape index (κ3) is 7.17. The Bertz CT molecular complexity index is 145. The molecule has 0 amide bonds. The standard InChI is InChI=1S/C11H25N3S/c1-13(2)7-4-12-5-8-14-6-3-10-15-11-9-14/h12H,3-11H2,1-2H3. The minimum Gasteiger partial charge on any atom is -0.314 e. The predicted molar refractivity (Wildman–Crippen MR) is 69.8 cm³/mol. The van der Waals surface area contributed by atoms with Gasteiger partial charge in [-0.05, 0) is 32.8 Å². The molecule has 1 aliphatic heterocycles.